The largest absolute Gasteiger partial charge is 0.477 e. The monoisotopic (exact) mass is 352 g/mol. The van der Waals surface area contributed by atoms with Crippen molar-refractivity contribution >= 4 is 28.9 Å². The molecule has 0 saturated carbocycles. The van der Waals surface area contributed by atoms with Gasteiger partial charge in [0.05, 0.1) is 18.4 Å². The number of carbonyl (C=O) groups is 1. The molecule has 4 heterocycles. The number of rotatable bonds is 2. The van der Waals surface area contributed by atoms with E-state index in [4.69, 9.17) is 4.74 Å². The van der Waals surface area contributed by atoms with Crippen LogP contribution in [-0.4, -0.2) is 39.0 Å². The second-order valence-corrected chi connectivity index (χ2v) is 6.08. The molecule has 0 saturated heterocycles. The lowest BCUT2D eigenvalue weighted by Crippen LogP contribution is -2.06. The predicted molar refractivity (Wildman–Crippen MR) is 98.5 cm³/mol. The topological polar surface area (TPSA) is 93.4 Å². The summed E-state index contributed by atoms with van der Waals surface area (Å²) < 4.78 is 7.46. The Labute approximate surface area is 150 Å². The smallest absolute Gasteiger partial charge is 0.218 e. The molecule has 0 spiro atoms. The highest BCUT2D eigenvalue weighted by atomic mass is 16.5. The Kier molecular flexibility index (Phi) is 4.16. The van der Waals surface area contributed by atoms with E-state index in [2.05, 4.69) is 32.6 Å². The van der Waals surface area contributed by atoms with Crippen molar-refractivity contribution in [1.82, 2.24) is 19.6 Å². The van der Waals surface area contributed by atoms with Gasteiger partial charge in [0.2, 0.25) is 5.88 Å². The lowest BCUT2D eigenvalue weighted by molar-refractivity contribution is 0.0974. The first-order chi connectivity index (χ1) is 12.7. The van der Waals surface area contributed by atoms with Crippen LogP contribution in [0, 0.1) is 0 Å². The fraction of sp³-hybridized carbons (Fsp3) is 0.333. The number of aryl methyl sites for hydroxylation is 1. The summed E-state index contributed by atoms with van der Waals surface area (Å²) in [5, 5.41) is 10.6. The second kappa shape index (κ2) is 6.62. The quantitative estimate of drug-likeness (QED) is 0.732. The molecule has 0 radical (unpaired) electrons. The van der Waals surface area contributed by atoms with Crippen LogP contribution in [0.4, 0.5) is 17.5 Å². The van der Waals surface area contributed by atoms with Gasteiger partial charge in [-0.1, -0.05) is 6.92 Å². The zero-order valence-corrected chi connectivity index (χ0v) is 14.7. The maximum Gasteiger partial charge on any atom is 0.218 e. The minimum Gasteiger partial charge on any atom is -0.477 e. The maximum atomic E-state index is 12.6. The zero-order chi connectivity index (χ0) is 18.1. The van der Waals surface area contributed by atoms with Gasteiger partial charge in [-0.2, -0.15) is 14.6 Å². The van der Waals surface area contributed by atoms with Crippen LogP contribution >= 0.6 is 0 Å². The minimum atomic E-state index is 0.00457. The molecule has 0 fully saturated rings. The van der Waals surface area contributed by atoms with Crippen LogP contribution in [-0.2, 0) is 6.42 Å². The number of ether oxygens (including phenoxy) is 1. The molecule has 0 atom stereocenters. The Hall–Kier alpha value is -3.16. The van der Waals surface area contributed by atoms with Gasteiger partial charge < -0.3 is 15.4 Å². The van der Waals surface area contributed by atoms with Gasteiger partial charge in [0.1, 0.15) is 17.5 Å². The summed E-state index contributed by atoms with van der Waals surface area (Å²) in [5.41, 5.74) is 2.07. The Morgan fingerprint density at radius 1 is 1.31 bits per heavy atom. The van der Waals surface area contributed by atoms with Crippen molar-refractivity contribution in [3.8, 4) is 5.88 Å². The maximum absolute atomic E-state index is 12.6. The molecule has 2 N–H and O–H groups in total. The third-order valence-electron chi connectivity index (χ3n) is 4.39. The lowest BCUT2D eigenvalue weighted by atomic mass is 10.1. The fourth-order valence-corrected chi connectivity index (χ4v) is 3.00. The van der Waals surface area contributed by atoms with Gasteiger partial charge in [-0.05, 0) is 25.0 Å². The summed E-state index contributed by atoms with van der Waals surface area (Å²) in [4.78, 5) is 21.8. The summed E-state index contributed by atoms with van der Waals surface area (Å²) >= 11 is 0. The van der Waals surface area contributed by atoms with Crippen molar-refractivity contribution in [1.29, 1.82) is 0 Å². The number of Topliss-reactive ketones (excluding diaryl/α,β-unsaturated/α-hetero) is 1. The molecule has 4 bridgehead atoms. The van der Waals surface area contributed by atoms with E-state index in [0.717, 1.165) is 17.8 Å². The van der Waals surface area contributed by atoms with Crippen molar-refractivity contribution in [3.63, 3.8) is 0 Å². The van der Waals surface area contributed by atoms with Crippen LogP contribution in [0.3, 0.4) is 0 Å². The van der Waals surface area contributed by atoms with Crippen molar-refractivity contribution in [2.24, 2.45) is 0 Å². The molecular weight excluding hydrogens is 332 g/mol. The molecule has 0 aromatic carbocycles. The summed E-state index contributed by atoms with van der Waals surface area (Å²) in [5.74, 6) is 2.56. The molecule has 0 amide bonds. The van der Waals surface area contributed by atoms with Crippen LogP contribution in [0.15, 0.2) is 24.4 Å². The Bertz CT molecular complexity index is 981. The highest BCUT2D eigenvalue weighted by Crippen LogP contribution is 2.25. The molecule has 3 aromatic rings. The average Bonchev–Trinajstić information content (AvgIpc) is 3.08. The summed E-state index contributed by atoms with van der Waals surface area (Å²) in [6.07, 6.45) is 3.38. The van der Waals surface area contributed by atoms with Crippen LogP contribution in [0.2, 0.25) is 0 Å². The van der Waals surface area contributed by atoms with E-state index < -0.39 is 0 Å². The third-order valence-corrected chi connectivity index (χ3v) is 4.39. The van der Waals surface area contributed by atoms with E-state index in [0.29, 0.717) is 48.2 Å². The number of anilines is 3. The van der Waals surface area contributed by atoms with Crippen molar-refractivity contribution in [3.05, 3.63) is 35.5 Å². The minimum absolute atomic E-state index is 0.00457. The normalized spacial score (nSPS) is 14.2. The van der Waals surface area contributed by atoms with E-state index in [9.17, 15) is 4.79 Å². The van der Waals surface area contributed by atoms with Crippen molar-refractivity contribution in [2.75, 3.05) is 24.3 Å². The summed E-state index contributed by atoms with van der Waals surface area (Å²) in [7, 11) is 1.80. The number of fused-ring (bicyclic) bond motifs is 3. The number of nitrogens with one attached hydrogen (secondary N) is 2. The van der Waals surface area contributed by atoms with E-state index >= 15 is 0 Å². The van der Waals surface area contributed by atoms with Gasteiger partial charge >= 0.3 is 0 Å². The number of nitrogens with zero attached hydrogens (tertiary/aromatic N) is 4. The Balaban J connectivity index is 1.86. The molecule has 0 aliphatic carbocycles. The van der Waals surface area contributed by atoms with E-state index in [1.54, 1.807) is 17.8 Å². The van der Waals surface area contributed by atoms with Gasteiger partial charge in [-0.3, -0.25) is 4.79 Å². The van der Waals surface area contributed by atoms with Crippen LogP contribution in [0.25, 0.3) is 5.65 Å². The van der Waals surface area contributed by atoms with E-state index in [-0.39, 0.29) is 5.78 Å². The standard InChI is InChI=1S/C18H20N6O2/c1-3-11-6-7-14-21-15-9-16(19-2)24-17(22-15)12(10-20-24)13(25)5-4-8-26-18(11)23-14/h6-7,9-10,19H,3-5,8H2,1-2H3,(H,21,22,23). The number of hydrogen-bond donors (Lipinski definition) is 2. The van der Waals surface area contributed by atoms with Crippen LogP contribution in [0.1, 0.15) is 35.7 Å². The van der Waals surface area contributed by atoms with Gasteiger partial charge in [-0.25, -0.2) is 4.98 Å². The van der Waals surface area contributed by atoms with Crippen molar-refractivity contribution in [2.45, 2.75) is 26.2 Å². The molecular formula is C18H20N6O2. The number of aromatic nitrogens is 4. The van der Waals surface area contributed by atoms with Crippen molar-refractivity contribution < 1.29 is 9.53 Å². The van der Waals surface area contributed by atoms with Crippen LogP contribution < -0.4 is 15.4 Å². The van der Waals surface area contributed by atoms with Gasteiger partial charge in [0, 0.05) is 25.1 Å². The summed E-state index contributed by atoms with van der Waals surface area (Å²) in [6, 6.07) is 5.72. The fourth-order valence-electron chi connectivity index (χ4n) is 3.00. The second-order valence-electron chi connectivity index (χ2n) is 6.08. The molecule has 1 aliphatic rings. The van der Waals surface area contributed by atoms with Gasteiger partial charge in [0.15, 0.2) is 11.4 Å². The lowest BCUT2D eigenvalue weighted by Gasteiger charge is -2.12. The molecule has 1 aliphatic heterocycles. The summed E-state index contributed by atoms with van der Waals surface area (Å²) in [6.45, 7) is 2.50. The molecule has 8 heteroatoms. The van der Waals surface area contributed by atoms with Gasteiger partial charge in [0.25, 0.3) is 0 Å². The third kappa shape index (κ3) is 2.83. The Morgan fingerprint density at radius 3 is 3.00 bits per heavy atom. The first-order valence-corrected chi connectivity index (χ1v) is 8.69. The number of ketones is 1. The Morgan fingerprint density at radius 2 is 2.19 bits per heavy atom. The molecule has 26 heavy (non-hydrogen) atoms. The predicted octanol–water partition coefficient (Wildman–Crippen LogP) is 2.83. The first-order valence-electron chi connectivity index (χ1n) is 8.69. The molecule has 134 valence electrons. The van der Waals surface area contributed by atoms with E-state index in [1.807, 2.05) is 18.2 Å². The molecule has 3 aromatic heterocycles. The molecule has 4 rings (SSSR count). The highest BCUT2D eigenvalue weighted by molar-refractivity contribution is 6.01. The average molecular weight is 352 g/mol. The van der Waals surface area contributed by atoms with E-state index in [1.165, 1.54) is 0 Å². The number of hydrogen-bond acceptors (Lipinski definition) is 7. The molecule has 0 unspecified atom stereocenters. The first kappa shape index (κ1) is 16.3. The van der Waals surface area contributed by atoms with Crippen LogP contribution in [0.5, 0.6) is 5.88 Å². The number of pyridine rings is 1. The highest BCUT2D eigenvalue weighted by Gasteiger charge is 2.18. The zero-order valence-electron chi connectivity index (χ0n) is 14.7. The number of carbonyl (C=O) groups excluding carboxylic acids is 1. The van der Waals surface area contributed by atoms with Gasteiger partial charge in [-0.15, -0.1) is 0 Å². The molecule has 8 nitrogen and oxygen atoms in total. The SMILES string of the molecule is CCc1ccc2nc1OCCCC(=O)c1cnn3c(NC)cc(nc13)N2.